The SMILES string of the molecule is CC(C)c1ccc(NC(=O)Nc2cccc3c2C[C@H](O)CC3)cc1. The zero-order valence-electron chi connectivity index (χ0n) is 14.2. The maximum Gasteiger partial charge on any atom is 0.323 e. The van der Waals surface area contributed by atoms with Crippen molar-refractivity contribution < 1.29 is 9.90 Å². The van der Waals surface area contributed by atoms with E-state index < -0.39 is 0 Å². The molecule has 4 heteroatoms. The molecule has 126 valence electrons. The van der Waals surface area contributed by atoms with Crippen LogP contribution in [0.3, 0.4) is 0 Å². The molecule has 2 aromatic rings. The number of urea groups is 1. The van der Waals surface area contributed by atoms with E-state index in [0.717, 1.165) is 29.8 Å². The molecule has 24 heavy (non-hydrogen) atoms. The minimum atomic E-state index is -0.327. The number of aryl methyl sites for hydroxylation is 1. The third-order valence-corrected chi connectivity index (χ3v) is 4.54. The average molecular weight is 324 g/mol. The highest BCUT2D eigenvalue weighted by Gasteiger charge is 2.19. The maximum atomic E-state index is 12.3. The second-order valence-electron chi connectivity index (χ2n) is 6.70. The number of carbonyl (C=O) groups is 1. The summed E-state index contributed by atoms with van der Waals surface area (Å²) in [7, 11) is 0. The number of rotatable bonds is 3. The fourth-order valence-corrected chi connectivity index (χ4v) is 3.12. The van der Waals surface area contributed by atoms with Crippen molar-refractivity contribution in [1.82, 2.24) is 0 Å². The highest BCUT2D eigenvalue weighted by Crippen LogP contribution is 2.28. The normalized spacial score (nSPS) is 16.6. The molecule has 2 aromatic carbocycles. The fourth-order valence-electron chi connectivity index (χ4n) is 3.12. The smallest absolute Gasteiger partial charge is 0.323 e. The van der Waals surface area contributed by atoms with Gasteiger partial charge in [0.2, 0.25) is 0 Å². The van der Waals surface area contributed by atoms with E-state index in [-0.39, 0.29) is 12.1 Å². The highest BCUT2D eigenvalue weighted by molar-refractivity contribution is 6.00. The van der Waals surface area contributed by atoms with Gasteiger partial charge in [-0.1, -0.05) is 38.1 Å². The molecule has 0 spiro atoms. The van der Waals surface area contributed by atoms with E-state index in [2.05, 4.69) is 30.5 Å². The standard InChI is InChI=1S/C20H24N2O2/c1-13(2)14-6-9-16(10-7-14)21-20(24)22-19-5-3-4-15-8-11-17(23)12-18(15)19/h3-7,9-10,13,17,23H,8,11-12H2,1-2H3,(H2,21,22,24)/t17-/m1/s1. The summed E-state index contributed by atoms with van der Waals surface area (Å²) in [5.41, 5.74) is 5.04. The minimum Gasteiger partial charge on any atom is -0.393 e. The second-order valence-corrected chi connectivity index (χ2v) is 6.70. The lowest BCUT2D eigenvalue weighted by atomic mass is 9.88. The molecule has 4 nitrogen and oxygen atoms in total. The molecule has 0 unspecified atom stereocenters. The van der Waals surface area contributed by atoms with Crippen molar-refractivity contribution in [2.24, 2.45) is 0 Å². The molecular weight excluding hydrogens is 300 g/mol. The summed E-state index contributed by atoms with van der Waals surface area (Å²) in [6.07, 6.45) is 1.90. The lowest BCUT2D eigenvalue weighted by molar-refractivity contribution is 0.159. The van der Waals surface area contributed by atoms with Crippen LogP contribution in [0.2, 0.25) is 0 Å². The topological polar surface area (TPSA) is 61.4 Å². The van der Waals surface area contributed by atoms with E-state index in [1.807, 2.05) is 36.4 Å². The van der Waals surface area contributed by atoms with Crippen molar-refractivity contribution in [3.63, 3.8) is 0 Å². The van der Waals surface area contributed by atoms with Crippen LogP contribution in [-0.4, -0.2) is 17.2 Å². The van der Waals surface area contributed by atoms with Crippen molar-refractivity contribution in [3.8, 4) is 0 Å². The Morgan fingerprint density at radius 3 is 2.58 bits per heavy atom. The van der Waals surface area contributed by atoms with Crippen LogP contribution in [0.4, 0.5) is 16.2 Å². The van der Waals surface area contributed by atoms with Crippen molar-refractivity contribution >= 4 is 17.4 Å². The number of aliphatic hydroxyl groups excluding tert-OH is 1. The minimum absolute atomic E-state index is 0.263. The molecule has 0 aliphatic heterocycles. The van der Waals surface area contributed by atoms with Crippen molar-refractivity contribution in [2.45, 2.75) is 45.1 Å². The lowest BCUT2D eigenvalue weighted by Gasteiger charge is -2.23. The van der Waals surface area contributed by atoms with Crippen molar-refractivity contribution in [1.29, 1.82) is 0 Å². The van der Waals surface area contributed by atoms with E-state index in [1.165, 1.54) is 11.1 Å². The molecule has 0 saturated carbocycles. The Hall–Kier alpha value is -2.33. The summed E-state index contributed by atoms with van der Waals surface area (Å²) in [4.78, 5) is 12.3. The lowest BCUT2D eigenvalue weighted by Crippen LogP contribution is -2.24. The van der Waals surface area contributed by atoms with Gasteiger partial charge in [0.1, 0.15) is 0 Å². The third-order valence-electron chi connectivity index (χ3n) is 4.54. The highest BCUT2D eigenvalue weighted by atomic mass is 16.3. The first-order valence-corrected chi connectivity index (χ1v) is 8.49. The predicted octanol–water partition coefficient (Wildman–Crippen LogP) is 4.30. The molecule has 0 heterocycles. The van der Waals surface area contributed by atoms with E-state index in [0.29, 0.717) is 12.3 Å². The summed E-state index contributed by atoms with van der Waals surface area (Å²) in [6, 6.07) is 13.5. The van der Waals surface area contributed by atoms with Gasteiger partial charge in [-0.3, -0.25) is 0 Å². The number of aliphatic hydroxyl groups is 1. The molecule has 1 aliphatic carbocycles. The number of nitrogens with one attached hydrogen (secondary N) is 2. The van der Waals surface area contributed by atoms with Gasteiger partial charge in [-0.2, -0.15) is 0 Å². The number of carbonyl (C=O) groups excluding carboxylic acids is 1. The van der Waals surface area contributed by atoms with Crippen LogP contribution < -0.4 is 10.6 Å². The molecular formula is C20H24N2O2. The van der Waals surface area contributed by atoms with Crippen LogP contribution >= 0.6 is 0 Å². The second kappa shape index (κ2) is 7.05. The Bertz CT molecular complexity index is 723. The molecule has 0 aromatic heterocycles. The van der Waals surface area contributed by atoms with E-state index >= 15 is 0 Å². The largest absolute Gasteiger partial charge is 0.393 e. The van der Waals surface area contributed by atoms with Gasteiger partial charge >= 0.3 is 6.03 Å². The molecule has 3 rings (SSSR count). The van der Waals surface area contributed by atoms with Crippen LogP contribution in [0.25, 0.3) is 0 Å². The van der Waals surface area contributed by atoms with Gasteiger partial charge < -0.3 is 15.7 Å². The molecule has 0 bridgehead atoms. The zero-order chi connectivity index (χ0) is 17.1. The Morgan fingerprint density at radius 1 is 1.12 bits per heavy atom. The maximum absolute atomic E-state index is 12.3. The Morgan fingerprint density at radius 2 is 1.88 bits per heavy atom. The Labute approximate surface area is 142 Å². The molecule has 1 aliphatic rings. The van der Waals surface area contributed by atoms with Gasteiger partial charge in [0, 0.05) is 17.8 Å². The Balaban J connectivity index is 1.69. The quantitative estimate of drug-likeness (QED) is 0.788. The van der Waals surface area contributed by atoms with E-state index in [1.54, 1.807) is 0 Å². The monoisotopic (exact) mass is 324 g/mol. The van der Waals surface area contributed by atoms with Crippen molar-refractivity contribution in [3.05, 3.63) is 59.2 Å². The van der Waals surface area contributed by atoms with Crippen molar-refractivity contribution in [2.75, 3.05) is 10.6 Å². The molecule has 0 saturated heterocycles. The zero-order valence-corrected chi connectivity index (χ0v) is 14.2. The van der Waals surface area contributed by atoms with Gasteiger partial charge in [-0.05, 0) is 53.6 Å². The molecule has 2 amide bonds. The average Bonchev–Trinajstić information content (AvgIpc) is 2.56. The van der Waals surface area contributed by atoms with E-state index in [9.17, 15) is 9.90 Å². The van der Waals surface area contributed by atoms with Crippen LogP contribution in [0.1, 0.15) is 42.9 Å². The number of anilines is 2. The van der Waals surface area contributed by atoms with Crippen LogP contribution in [-0.2, 0) is 12.8 Å². The molecule has 1 atom stereocenters. The summed E-state index contributed by atoms with van der Waals surface area (Å²) in [6.45, 7) is 4.28. The summed E-state index contributed by atoms with van der Waals surface area (Å²) in [5, 5.41) is 15.7. The van der Waals surface area contributed by atoms with Gasteiger partial charge in [-0.25, -0.2) is 4.79 Å². The molecule has 0 radical (unpaired) electrons. The number of amides is 2. The van der Waals surface area contributed by atoms with Gasteiger partial charge in [0.15, 0.2) is 0 Å². The predicted molar refractivity (Wildman–Crippen MR) is 97.6 cm³/mol. The number of hydrogen-bond acceptors (Lipinski definition) is 2. The first-order valence-electron chi connectivity index (χ1n) is 8.49. The number of hydrogen-bond donors (Lipinski definition) is 3. The van der Waals surface area contributed by atoms with E-state index in [4.69, 9.17) is 0 Å². The Kier molecular flexibility index (Phi) is 4.86. The molecule has 0 fully saturated rings. The third kappa shape index (κ3) is 3.77. The number of fused-ring (bicyclic) bond motifs is 1. The van der Waals surface area contributed by atoms with Gasteiger partial charge in [0.25, 0.3) is 0 Å². The first kappa shape index (κ1) is 16.5. The molecule has 3 N–H and O–H groups in total. The van der Waals surface area contributed by atoms with Crippen LogP contribution in [0.5, 0.6) is 0 Å². The summed E-state index contributed by atoms with van der Waals surface area (Å²) < 4.78 is 0. The van der Waals surface area contributed by atoms with Crippen LogP contribution in [0.15, 0.2) is 42.5 Å². The summed E-state index contributed by atoms with van der Waals surface area (Å²) in [5.74, 6) is 0.468. The van der Waals surface area contributed by atoms with Crippen LogP contribution in [0, 0.1) is 0 Å². The fraction of sp³-hybridized carbons (Fsp3) is 0.350. The number of benzene rings is 2. The van der Waals surface area contributed by atoms with Gasteiger partial charge in [-0.15, -0.1) is 0 Å². The summed E-state index contributed by atoms with van der Waals surface area (Å²) >= 11 is 0. The van der Waals surface area contributed by atoms with Gasteiger partial charge in [0.05, 0.1) is 6.10 Å². The first-order chi connectivity index (χ1) is 11.5.